The van der Waals surface area contributed by atoms with Gasteiger partial charge >= 0.3 is 0 Å². The lowest BCUT2D eigenvalue weighted by molar-refractivity contribution is 0.0952. The topological polar surface area (TPSA) is 54.0 Å². The predicted molar refractivity (Wildman–Crippen MR) is 62.2 cm³/mol. The Morgan fingerprint density at radius 2 is 2.56 bits per heavy atom. The van der Waals surface area contributed by atoms with E-state index in [4.69, 9.17) is 0 Å². The van der Waals surface area contributed by atoms with Gasteiger partial charge in [-0.3, -0.25) is 9.78 Å². The van der Waals surface area contributed by atoms with Gasteiger partial charge in [0.1, 0.15) is 0 Å². The normalized spacial score (nSPS) is 19.6. The van der Waals surface area contributed by atoms with Gasteiger partial charge in [0.2, 0.25) is 0 Å². The lowest BCUT2D eigenvalue weighted by atomic mass is 10.1. The molecule has 1 unspecified atom stereocenters. The first-order valence-electron chi connectivity index (χ1n) is 5.78. The van der Waals surface area contributed by atoms with Gasteiger partial charge in [0.15, 0.2) is 0 Å². The van der Waals surface area contributed by atoms with E-state index in [9.17, 15) is 4.79 Å². The highest BCUT2D eigenvalue weighted by atomic mass is 16.1. The maximum absolute atomic E-state index is 11.6. The number of pyridine rings is 1. The van der Waals surface area contributed by atoms with Crippen LogP contribution in [0.15, 0.2) is 24.5 Å². The molecule has 1 saturated heterocycles. The zero-order chi connectivity index (χ0) is 11.2. The van der Waals surface area contributed by atoms with Crippen molar-refractivity contribution in [1.82, 2.24) is 15.6 Å². The molecule has 4 heteroatoms. The van der Waals surface area contributed by atoms with E-state index in [2.05, 4.69) is 15.6 Å². The second kappa shape index (κ2) is 5.61. The van der Waals surface area contributed by atoms with Crippen LogP contribution in [0.5, 0.6) is 0 Å². The second-order valence-electron chi connectivity index (χ2n) is 4.08. The van der Waals surface area contributed by atoms with Crippen LogP contribution >= 0.6 is 0 Å². The summed E-state index contributed by atoms with van der Waals surface area (Å²) >= 11 is 0. The first kappa shape index (κ1) is 11.1. The zero-order valence-electron chi connectivity index (χ0n) is 9.28. The number of amides is 1. The molecule has 2 N–H and O–H groups in total. The van der Waals surface area contributed by atoms with Gasteiger partial charge in [-0.05, 0) is 37.9 Å². The lowest BCUT2D eigenvalue weighted by Gasteiger charge is -2.10. The summed E-state index contributed by atoms with van der Waals surface area (Å²) in [7, 11) is 0. The summed E-state index contributed by atoms with van der Waals surface area (Å²) < 4.78 is 0. The quantitative estimate of drug-likeness (QED) is 0.793. The van der Waals surface area contributed by atoms with E-state index < -0.39 is 0 Å². The maximum Gasteiger partial charge on any atom is 0.252 e. The molecule has 16 heavy (non-hydrogen) atoms. The number of carbonyl (C=O) groups excluding carboxylic acids is 1. The van der Waals surface area contributed by atoms with Gasteiger partial charge < -0.3 is 10.6 Å². The van der Waals surface area contributed by atoms with Gasteiger partial charge in [-0.1, -0.05) is 0 Å². The summed E-state index contributed by atoms with van der Waals surface area (Å²) in [5.74, 6) is -0.0360. The third kappa shape index (κ3) is 3.03. The van der Waals surface area contributed by atoms with Gasteiger partial charge in [-0.2, -0.15) is 0 Å². The van der Waals surface area contributed by atoms with Crippen molar-refractivity contribution in [3.63, 3.8) is 0 Å². The molecule has 1 fully saturated rings. The van der Waals surface area contributed by atoms with Crippen molar-refractivity contribution in [1.29, 1.82) is 0 Å². The van der Waals surface area contributed by atoms with Crippen molar-refractivity contribution >= 4 is 5.91 Å². The molecule has 0 spiro atoms. The molecule has 0 aliphatic carbocycles. The summed E-state index contributed by atoms with van der Waals surface area (Å²) in [5, 5.41) is 6.31. The third-order valence-electron chi connectivity index (χ3n) is 2.86. The Hall–Kier alpha value is -1.42. The fourth-order valence-corrected chi connectivity index (χ4v) is 1.96. The molecule has 0 bridgehead atoms. The fourth-order valence-electron chi connectivity index (χ4n) is 1.96. The maximum atomic E-state index is 11.6. The molecule has 86 valence electrons. The van der Waals surface area contributed by atoms with Crippen molar-refractivity contribution in [2.24, 2.45) is 0 Å². The van der Waals surface area contributed by atoms with E-state index >= 15 is 0 Å². The molecule has 0 radical (unpaired) electrons. The SMILES string of the molecule is O=C(NCCC1CCCN1)c1cccnc1. The number of hydrogen-bond donors (Lipinski definition) is 2. The molecule has 1 aliphatic rings. The summed E-state index contributed by atoms with van der Waals surface area (Å²) in [6, 6.07) is 4.12. The molecular formula is C12H17N3O. The molecule has 1 aromatic rings. The molecular weight excluding hydrogens is 202 g/mol. The monoisotopic (exact) mass is 219 g/mol. The highest BCUT2D eigenvalue weighted by Crippen LogP contribution is 2.07. The van der Waals surface area contributed by atoms with Crippen LogP contribution in [0.4, 0.5) is 0 Å². The Bertz CT molecular complexity index is 333. The first-order chi connectivity index (χ1) is 7.86. The minimum atomic E-state index is -0.0360. The molecule has 1 atom stereocenters. The van der Waals surface area contributed by atoms with Crippen molar-refractivity contribution in [2.45, 2.75) is 25.3 Å². The van der Waals surface area contributed by atoms with Gasteiger partial charge in [-0.15, -0.1) is 0 Å². The molecule has 0 saturated carbocycles. The highest BCUT2D eigenvalue weighted by Gasteiger charge is 2.13. The summed E-state index contributed by atoms with van der Waals surface area (Å²) in [6.07, 6.45) is 6.73. The Labute approximate surface area is 95.5 Å². The number of hydrogen-bond acceptors (Lipinski definition) is 3. The number of nitrogens with one attached hydrogen (secondary N) is 2. The Kier molecular flexibility index (Phi) is 3.88. The summed E-state index contributed by atoms with van der Waals surface area (Å²) in [5.41, 5.74) is 0.627. The van der Waals surface area contributed by atoms with Crippen molar-refractivity contribution in [3.8, 4) is 0 Å². The van der Waals surface area contributed by atoms with E-state index in [1.54, 1.807) is 24.5 Å². The van der Waals surface area contributed by atoms with E-state index in [0.29, 0.717) is 11.6 Å². The van der Waals surface area contributed by atoms with Crippen LogP contribution in [0.2, 0.25) is 0 Å². The highest BCUT2D eigenvalue weighted by molar-refractivity contribution is 5.93. The number of carbonyl (C=O) groups is 1. The Morgan fingerprint density at radius 1 is 1.62 bits per heavy atom. The van der Waals surface area contributed by atoms with Crippen LogP contribution in [0, 0.1) is 0 Å². The average Bonchev–Trinajstić information content (AvgIpc) is 2.83. The van der Waals surface area contributed by atoms with Crippen molar-refractivity contribution in [3.05, 3.63) is 30.1 Å². The second-order valence-corrected chi connectivity index (χ2v) is 4.08. The molecule has 4 nitrogen and oxygen atoms in total. The van der Waals surface area contributed by atoms with Crippen LogP contribution in [0.25, 0.3) is 0 Å². The fraction of sp³-hybridized carbons (Fsp3) is 0.500. The predicted octanol–water partition coefficient (Wildman–Crippen LogP) is 0.953. The molecule has 0 aromatic carbocycles. The van der Waals surface area contributed by atoms with E-state index in [-0.39, 0.29) is 5.91 Å². The first-order valence-corrected chi connectivity index (χ1v) is 5.78. The molecule has 1 amide bonds. The number of nitrogens with zero attached hydrogens (tertiary/aromatic N) is 1. The Morgan fingerprint density at radius 3 is 3.25 bits per heavy atom. The number of rotatable bonds is 4. The minimum absolute atomic E-state index is 0.0360. The van der Waals surface area contributed by atoms with Gasteiger partial charge in [0.05, 0.1) is 5.56 Å². The largest absolute Gasteiger partial charge is 0.352 e. The van der Waals surface area contributed by atoms with Crippen LogP contribution < -0.4 is 10.6 Å². The van der Waals surface area contributed by atoms with Gasteiger partial charge in [0.25, 0.3) is 5.91 Å². The van der Waals surface area contributed by atoms with E-state index in [1.165, 1.54) is 12.8 Å². The third-order valence-corrected chi connectivity index (χ3v) is 2.86. The standard InChI is InChI=1S/C12H17N3O/c16-12(10-3-1-6-13-9-10)15-8-5-11-4-2-7-14-11/h1,3,6,9,11,14H,2,4-5,7-8H2,(H,15,16). The van der Waals surface area contributed by atoms with Crippen molar-refractivity contribution < 1.29 is 4.79 Å². The van der Waals surface area contributed by atoms with Gasteiger partial charge in [-0.25, -0.2) is 0 Å². The molecule has 1 aromatic heterocycles. The average molecular weight is 219 g/mol. The zero-order valence-corrected chi connectivity index (χ0v) is 9.28. The van der Waals surface area contributed by atoms with E-state index in [0.717, 1.165) is 19.5 Å². The number of aromatic nitrogens is 1. The molecule has 1 aliphatic heterocycles. The molecule has 2 heterocycles. The van der Waals surface area contributed by atoms with Gasteiger partial charge in [0, 0.05) is 25.0 Å². The minimum Gasteiger partial charge on any atom is -0.352 e. The summed E-state index contributed by atoms with van der Waals surface area (Å²) in [4.78, 5) is 15.6. The lowest BCUT2D eigenvalue weighted by Crippen LogP contribution is -2.30. The molecule has 2 rings (SSSR count). The smallest absolute Gasteiger partial charge is 0.252 e. The van der Waals surface area contributed by atoms with Crippen LogP contribution in [-0.4, -0.2) is 30.0 Å². The van der Waals surface area contributed by atoms with Crippen LogP contribution in [0.1, 0.15) is 29.6 Å². The Balaban J connectivity index is 1.71. The van der Waals surface area contributed by atoms with Crippen LogP contribution in [-0.2, 0) is 0 Å². The van der Waals surface area contributed by atoms with Crippen LogP contribution in [0.3, 0.4) is 0 Å². The van der Waals surface area contributed by atoms with Crippen molar-refractivity contribution in [2.75, 3.05) is 13.1 Å². The summed E-state index contributed by atoms with van der Waals surface area (Å²) in [6.45, 7) is 1.84. The van der Waals surface area contributed by atoms with E-state index in [1.807, 2.05) is 0 Å².